The zero-order valence-electron chi connectivity index (χ0n) is 18.5. The van der Waals surface area contributed by atoms with Gasteiger partial charge in [-0.2, -0.15) is 4.31 Å². The van der Waals surface area contributed by atoms with Gasteiger partial charge in [-0.1, -0.05) is 11.3 Å². The molecule has 0 aliphatic carbocycles. The van der Waals surface area contributed by atoms with Crippen molar-refractivity contribution < 1.29 is 22.0 Å². The Balaban J connectivity index is 1.43. The van der Waals surface area contributed by atoms with Gasteiger partial charge in [0.25, 0.3) is 5.91 Å². The lowest BCUT2D eigenvalue weighted by molar-refractivity contribution is 0.0746. The van der Waals surface area contributed by atoms with E-state index in [1.165, 1.54) is 53.0 Å². The summed E-state index contributed by atoms with van der Waals surface area (Å²) < 4.78 is 54.4. The van der Waals surface area contributed by atoms with Crippen LogP contribution in [0.2, 0.25) is 0 Å². The second kappa shape index (κ2) is 8.96. The zero-order valence-corrected chi connectivity index (χ0v) is 20.1. The van der Waals surface area contributed by atoms with Crippen molar-refractivity contribution in [2.24, 2.45) is 0 Å². The summed E-state index contributed by atoms with van der Waals surface area (Å²) in [6, 6.07) is 7.86. The quantitative estimate of drug-likeness (QED) is 0.542. The van der Waals surface area contributed by atoms with Crippen molar-refractivity contribution in [3.63, 3.8) is 0 Å². The van der Waals surface area contributed by atoms with E-state index in [-0.39, 0.29) is 22.4 Å². The number of halogens is 2. The van der Waals surface area contributed by atoms with Crippen LogP contribution in [0.15, 0.2) is 41.3 Å². The number of nitrogens with zero attached hydrogens (tertiary/aromatic N) is 4. The number of aromatic nitrogens is 1. The third-order valence-corrected chi connectivity index (χ3v) is 8.86. The Morgan fingerprint density at radius 1 is 1.09 bits per heavy atom. The molecule has 33 heavy (non-hydrogen) atoms. The van der Waals surface area contributed by atoms with Crippen LogP contribution in [0.5, 0.6) is 0 Å². The van der Waals surface area contributed by atoms with E-state index >= 15 is 0 Å². The van der Waals surface area contributed by atoms with Crippen LogP contribution in [0.25, 0.3) is 10.2 Å². The monoisotopic (exact) mass is 494 g/mol. The van der Waals surface area contributed by atoms with E-state index in [1.54, 1.807) is 18.7 Å². The topological polar surface area (TPSA) is 73.8 Å². The lowest BCUT2D eigenvalue weighted by atomic mass is 10.2. The van der Waals surface area contributed by atoms with Crippen molar-refractivity contribution >= 4 is 42.6 Å². The minimum absolute atomic E-state index is 0.138. The molecule has 1 aliphatic rings. The first-order valence-corrected chi connectivity index (χ1v) is 12.7. The Kier molecular flexibility index (Phi) is 6.39. The van der Waals surface area contributed by atoms with Crippen LogP contribution in [0.4, 0.5) is 13.9 Å². The number of benzene rings is 2. The lowest BCUT2D eigenvalue weighted by Crippen LogP contribution is -2.48. The number of sulfonamides is 1. The van der Waals surface area contributed by atoms with Crippen LogP contribution in [0.3, 0.4) is 0 Å². The normalized spacial score (nSPS) is 15.1. The highest BCUT2D eigenvalue weighted by Crippen LogP contribution is 2.31. The molecule has 1 fully saturated rings. The van der Waals surface area contributed by atoms with Crippen molar-refractivity contribution in [1.82, 2.24) is 14.2 Å². The van der Waals surface area contributed by atoms with Crippen LogP contribution in [0.1, 0.15) is 24.2 Å². The molecule has 0 radical (unpaired) electrons. The number of hydrogen-bond donors (Lipinski definition) is 0. The van der Waals surface area contributed by atoms with Gasteiger partial charge in [-0.25, -0.2) is 22.2 Å². The fourth-order valence-corrected chi connectivity index (χ4v) is 6.00. The molecule has 1 amide bonds. The molecule has 0 unspecified atom stereocenters. The molecule has 1 saturated heterocycles. The summed E-state index contributed by atoms with van der Waals surface area (Å²) in [5, 5.41) is 0.588. The highest BCUT2D eigenvalue weighted by atomic mass is 32.2. The highest BCUT2D eigenvalue weighted by Gasteiger charge is 2.26. The number of hydrogen-bond acceptors (Lipinski definition) is 6. The van der Waals surface area contributed by atoms with Crippen LogP contribution in [-0.2, 0) is 10.0 Å². The molecule has 3 aromatic rings. The third-order valence-electron chi connectivity index (χ3n) is 5.74. The Morgan fingerprint density at radius 3 is 2.33 bits per heavy atom. The Bertz CT molecular complexity index is 1280. The molecule has 0 N–H and O–H groups in total. The summed E-state index contributed by atoms with van der Waals surface area (Å²) in [6.45, 7) is 5.45. The number of piperazine rings is 1. The number of amides is 1. The third kappa shape index (κ3) is 4.57. The van der Waals surface area contributed by atoms with Gasteiger partial charge in [0.1, 0.15) is 11.3 Å². The number of anilines is 1. The second-order valence-electron chi connectivity index (χ2n) is 8.15. The van der Waals surface area contributed by atoms with E-state index in [0.717, 1.165) is 6.07 Å². The molecule has 0 atom stereocenters. The Labute approximate surface area is 195 Å². The zero-order chi connectivity index (χ0) is 23.9. The van der Waals surface area contributed by atoms with Crippen molar-refractivity contribution in [3.8, 4) is 0 Å². The molecule has 0 saturated carbocycles. The standard InChI is InChI=1S/C22H24F2N4O3S2/c1-14(2)26(3)33(30,31)17-6-4-15(5-7-17)21(29)27-8-10-28(11-9-27)22-25-20-18(24)12-16(23)13-19(20)32-22/h4-7,12-14H,8-11H2,1-3H3. The molecule has 176 valence electrons. The molecular formula is C22H24F2N4O3S2. The van der Waals surface area contributed by atoms with Crippen LogP contribution >= 0.6 is 11.3 Å². The summed E-state index contributed by atoms with van der Waals surface area (Å²) in [4.78, 5) is 21.0. The average molecular weight is 495 g/mol. The van der Waals surface area contributed by atoms with Gasteiger partial charge < -0.3 is 9.80 Å². The molecule has 0 spiro atoms. The molecule has 11 heteroatoms. The molecular weight excluding hydrogens is 470 g/mol. The summed E-state index contributed by atoms with van der Waals surface area (Å²) in [7, 11) is -2.09. The van der Waals surface area contributed by atoms with Crippen LogP contribution < -0.4 is 4.90 Å². The van der Waals surface area contributed by atoms with E-state index in [2.05, 4.69) is 4.98 Å². The number of carbonyl (C=O) groups excluding carboxylic acids is 1. The molecule has 1 aromatic heterocycles. The van der Waals surface area contributed by atoms with Crippen molar-refractivity contribution in [1.29, 1.82) is 0 Å². The molecule has 0 bridgehead atoms. The predicted octanol–water partition coefficient (Wildman–Crippen LogP) is 3.57. The first-order valence-electron chi connectivity index (χ1n) is 10.5. The lowest BCUT2D eigenvalue weighted by Gasteiger charge is -2.34. The molecule has 4 rings (SSSR count). The van der Waals surface area contributed by atoms with E-state index in [1.807, 2.05) is 4.90 Å². The average Bonchev–Trinajstić information content (AvgIpc) is 3.22. The van der Waals surface area contributed by atoms with Crippen LogP contribution in [-0.4, -0.2) is 67.8 Å². The summed E-state index contributed by atoms with van der Waals surface area (Å²) in [5.74, 6) is -1.51. The SMILES string of the molecule is CC(C)N(C)S(=O)(=O)c1ccc(C(=O)N2CCN(c3nc4c(F)cc(F)cc4s3)CC2)cc1. The molecule has 1 aliphatic heterocycles. The largest absolute Gasteiger partial charge is 0.345 e. The Hall–Kier alpha value is -2.63. The van der Waals surface area contributed by atoms with Gasteiger partial charge >= 0.3 is 0 Å². The summed E-state index contributed by atoms with van der Waals surface area (Å²) in [5.41, 5.74) is 0.556. The number of carbonyl (C=O) groups is 1. The summed E-state index contributed by atoms with van der Waals surface area (Å²) >= 11 is 1.22. The van der Waals surface area contributed by atoms with E-state index in [0.29, 0.717) is 41.6 Å². The predicted molar refractivity (Wildman–Crippen MR) is 124 cm³/mol. The molecule has 2 aromatic carbocycles. The van der Waals surface area contributed by atoms with Crippen LogP contribution in [0, 0.1) is 11.6 Å². The van der Waals surface area contributed by atoms with Gasteiger partial charge in [0.2, 0.25) is 10.0 Å². The first-order chi connectivity index (χ1) is 15.6. The van der Waals surface area contributed by atoms with Gasteiger partial charge in [-0.05, 0) is 44.2 Å². The minimum Gasteiger partial charge on any atom is -0.345 e. The Morgan fingerprint density at radius 2 is 1.73 bits per heavy atom. The van der Waals surface area contributed by atoms with Gasteiger partial charge in [0.05, 0.1) is 9.60 Å². The number of thiazole rings is 1. The highest BCUT2D eigenvalue weighted by molar-refractivity contribution is 7.89. The van der Waals surface area contributed by atoms with Gasteiger partial charge in [0, 0.05) is 50.9 Å². The van der Waals surface area contributed by atoms with Crippen molar-refractivity contribution in [2.75, 3.05) is 38.1 Å². The second-order valence-corrected chi connectivity index (χ2v) is 11.2. The number of fused-ring (bicyclic) bond motifs is 1. The van der Waals surface area contributed by atoms with Gasteiger partial charge in [-0.3, -0.25) is 4.79 Å². The van der Waals surface area contributed by atoms with Gasteiger partial charge in [0.15, 0.2) is 10.9 Å². The number of rotatable bonds is 5. The maximum atomic E-state index is 14.0. The maximum absolute atomic E-state index is 14.0. The minimum atomic E-state index is -3.61. The van der Waals surface area contributed by atoms with Gasteiger partial charge in [-0.15, -0.1) is 0 Å². The van der Waals surface area contributed by atoms with E-state index in [9.17, 15) is 22.0 Å². The fraction of sp³-hybridized carbons (Fsp3) is 0.364. The van der Waals surface area contributed by atoms with Crippen molar-refractivity contribution in [3.05, 3.63) is 53.6 Å². The first kappa shape index (κ1) is 23.5. The maximum Gasteiger partial charge on any atom is 0.253 e. The molecule has 7 nitrogen and oxygen atoms in total. The smallest absolute Gasteiger partial charge is 0.253 e. The fourth-order valence-electron chi connectivity index (χ4n) is 3.58. The summed E-state index contributed by atoms with van der Waals surface area (Å²) in [6.07, 6.45) is 0. The van der Waals surface area contributed by atoms with Crippen molar-refractivity contribution in [2.45, 2.75) is 24.8 Å². The van der Waals surface area contributed by atoms with E-state index < -0.39 is 21.7 Å². The van der Waals surface area contributed by atoms with E-state index in [4.69, 9.17) is 0 Å². The molecule has 2 heterocycles.